The molecular weight excluding hydrogens is 276 g/mol. The minimum Gasteiger partial charge on any atom is -0.350 e. The topological polar surface area (TPSA) is 49.4 Å². The Morgan fingerprint density at radius 1 is 1.32 bits per heavy atom. The number of carbonyl (C=O) groups excluding carboxylic acids is 2. The van der Waals surface area contributed by atoms with Crippen LogP contribution in [0, 0.1) is 18.3 Å². The maximum Gasteiger partial charge on any atom is 0.253 e. The Kier molecular flexibility index (Phi) is 3.03. The first-order chi connectivity index (χ1) is 10.6. The number of amides is 2. The van der Waals surface area contributed by atoms with Crippen molar-refractivity contribution in [3.8, 4) is 0 Å². The summed E-state index contributed by atoms with van der Waals surface area (Å²) in [6, 6.07) is 5.79. The Balaban J connectivity index is 1.73. The Bertz CT molecular complexity index is 648. The van der Waals surface area contributed by atoms with Crippen molar-refractivity contribution in [2.24, 2.45) is 11.3 Å². The van der Waals surface area contributed by atoms with Crippen LogP contribution in [0.2, 0.25) is 0 Å². The van der Waals surface area contributed by atoms with Crippen LogP contribution >= 0.6 is 0 Å². The number of anilines is 1. The van der Waals surface area contributed by atoms with E-state index in [2.05, 4.69) is 5.32 Å². The molecule has 0 aromatic heterocycles. The minimum atomic E-state index is -0.0593. The van der Waals surface area contributed by atoms with Crippen LogP contribution in [0.4, 0.5) is 5.69 Å². The van der Waals surface area contributed by atoms with E-state index in [-0.39, 0.29) is 17.7 Å². The van der Waals surface area contributed by atoms with Crippen LogP contribution in [0.1, 0.15) is 48.0 Å². The molecule has 0 bridgehead atoms. The lowest BCUT2D eigenvalue weighted by Gasteiger charge is -2.28. The SMILES string of the molecule is Cc1cccc2c1C(=O)NCCN2C(=O)C1CCCC12CC2. The molecule has 22 heavy (non-hydrogen) atoms. The van der Waals surface area contributed by atoms with Crippen LogP contribution in [0.15, 0.2) is 18.2 Å². The normalized spacial score (nSPS) is 25.6. The second kappa shape index (κ2) is 4.83. The third-order valence-electron chi connectivity index (χ3n) is 5.75. The molecule has 1 N–H and O–H groups in total. The van der Waals surface area contributed by atoms with Gasteiger partial charge in [-0.3, -0.25) is 9.59 Å². The van der Waals surface area contributed by atoms with Crippen molar-refractivity contribution >= 4 is 17.5 Å². The second-order valence-electron chi connectivity index (χ2n) is 7.02. The third-order valence-corrected chi connectivity index (χ3v) is 5.75. The van der Waals surface area contributed by atoms with Gasteiger partial charge in [0.1, 0.15) is 0 Å². The summed E-state index contributed by atoms with van der Waals surface area (Å²) in [6.45, 7) is 3.04. The largest absolute Gasteiger partial charge is 0.350 e. The Morgan fingerprint density at radius 3 is 2.91 bits per heavy atom. The van der Waals surface area contributed by atoms with Crippen molar-refractivity contribution in [1.29, 1.82) is 0 Å². The van der Waals surface area contributed by atoms with E-state index in [0.717, 1.165) is 17.7 Å². The van der Waals surface area contributed by atoms with Crippen LogP contribution < -0.4 is 10.2 Å². The summed E-state index contributed by atoms with van der Waals surface area (Å²) < 4.78 is 0. The summed E-state index contributed by atoms with van der Waals surface area (Å²) in [5.74, 6) is 0.336. The lowest BCUT2D eigenvalue weighted by Crippen LogP contribution is -2.40. The van der Waals surface area contributed by atoms with Crippen molar-refractivity contribution in [2.75, 3.05) is 18.0 Å². The molecule has 0 saturated heterocycles. The summed E-state index contributed by atoms with van der Waals surface area (Å²) >= 11 is 0. The summed E-state index contributed by atoms with van der Waals surface area (Å²) in [5.41, 5.74) is 2.69. The van der Waals surface area contributed by atoms with Crippen molar-refractivity contribution in [2.45, 2.75) is 39.0 Å². The molecular formula is C18H22N2O2. The van der Waals surface area contributed by atoms with E-state index in [1.165, 1.54) is 25.7 Å². The number of nitrogens with one attached hydrogen (secondary N) is 1. The van der Waals surface area contributed by atoms with E-state index in [0.29, 0.717) is 24.1 Å². The molecule has 1 aromatic carbocycles. The predicted molar refractivity (Wildman–Crippen MR) is 84.9 cm³/mol. The highest BCUT2D eigenvalue weighted by Gasteiger charge is 2.55. The van der Waals surface area contributed by atoms with Crippen LogP contribution in [0.3, 0.4) is 0 Å². The molecule has 1 heterocycles. The molecule has 1 atom stereocenters. The molecule has 2 aliphatic carbocycles. The maximum absolute atomic E-state index is 13.2. The van der Waals surface area contributed by atoms with E-state index < -0.39 is 0 Å². The molecule has 1 aliphatic heterocycles. The molecule has 4 nitrogen and oxygen atoms in total. The van der Waals surface area contributed by atoms with Gasteiger partial charge in [0.25, 0.3) is 5.91 Å². The number of rotatable bonds is 1. The average molecular weight is 298 g/mol. The van der Waals surface area contributed by atoms with Gasteiger partial charge in [-0.1, -0.05) is 18.6 Å². The fourth-order valence-corrected chi connectivity index (χ4v) is 4.36. The van der Waals surface area contributed by atoms with Crippen molar-refractivity contribution in [1.82, 2.24) is 5.32 Å². The number of hydrogen-bond donors (Lipinski definition) is 1. The van der Waals surface area contributed by atoms with Crippen LogP contribution in [0.25, 0.3) is 0 Å². The summed E-state index contributed by atoms with van der Waals surface area (Å²) in [5, 5.41) is 2.92. The quantitative estimate of drug-likeness (QED) is 0.866. The molecule has 3 aliphatic rings. The van der Waals surface area contributed by atoms with Gasteiger partial charge in [-0.2, -0.15) is 0 Å². The van der Waals surface area contributed by atoms with Crippen LogP contribution in [-0.2, 0) is 4.79 Å². The molecule has 2 saturated carbocycles. The molecule has 4 heteroatoms. The van der Waals surface area contributed by atoms with Crippen LogP contribution in [-0.4, -0.2) is 24.9 Å². The summed E-state index contributed by atoms with van der Waals surface area (Å²) in [7, 11) is 0. The van der Waals surface area contributed by atoms with E-state index >= 15 is 0 Å². The van der Waals surface area contributed by atoms with Gasteiger partial charge in [-0.15, -0.1) is 0 Å². The lowest BCUT2D eigenvalue weighted by molar-refractivity contribution is -0.123. The monoisotopic (exact) mass is 298 g/mol. The van der Waals surface area contributed by atoms with Gasteiger partial charge in [-0.05, 0) is 49.7 Å². The molecule has 0 radical (unpaired) electrons. The number of carbonyl (C=O) groups is 2. The van der Waals surface area contributed by atoms with Gasteiger partial charge in [0.05, 0.1) is 11.3 Å². The smallest absolute Gasteiger partial charge is 0.253 e. The highest BCUT2D eigenvalue weighted by molar-refractivity contribution is 6.07. The second-order valence-corrected chi connectivity index (χ2v) is 7.02. The number of benzene rings is 1. The number of nitrogens with zero attached hydrogens (tertiary/aromatic N) is 1. The fourth-order valence-electron chi connectivity index (χ4n) is 4.36. The van der Waals surface area contributed by atoms with Gasteiger partial charge < -0.3 is 10.2 Å². The highest BCUT2D eigenvalue weighted by Crippen LogP contribution is 2.61. The van der Waals surface area contributed by atoms with Gasteiger partial charge in [-0.25, -0.2) is 0 Å². The van der Waals surface area contributed by atoms with E-state index in [1.54, 1.807) is 0 Å². The van der Waals surface area contributed by atoms with E-state index in [9.17, 15) is 9.59 Å². The average Bonchev–Trinajstić information content (AvgIpc) is 3.17. The first-order valence-electron chi connectivity index (χ1n) is 8.32. The molecule has 2 amide bonds. The molecule has 116 valence electrons. The molecule has 4 rings (SSSR count). The van der Waals surface area contributed by atoms with Gasteiger partial charge in [0.2, 0.25) is 5.91 Å². The summed E-state index contributed by atoms with van der Waals surface area (Å²) in [4.78, 5) is 27.4. The summed E-state index contributed by atoms with van der Waals surface area (Å²) in [6.07, 6.45) is 5.79. The van der Waals surface area contributed by atoms with Gasteiger partial charge in [0, 0.05) is 19.0 Å². The number of aryl methyl sites for hydroxylation is 1. The van der Waals surface area contributed by atoms with Crippen molar-refractivity contribution in [3.63, 3.8) is 0 Å². The molecule has 1 unspecified atom stereocenters. The van der Waals surface area contributed by atoms with Gasteiger partial charge >= 0.3 is 0 Å². The maximum atomic E-state index is 13.2. The van der Waals surface area contributed by atoms with Crippen molar-refractivity contribution in [3.05, 3.63) is 29.3 Å². The van der Waals surface area contributed by atoms with Gasteiger partial charge in [0.15, 0.2) is 0 Å². The fraction of sp³-hybridized carbons (Fsp3) is 0.556. The Morgan fingerprint density at radius 2 is 2.14 bits per heavy atom. The molecule has 1 spiro atoms. The standard InChI is InChI=1S/C18H22N2O2/c1-12-4-2-6-14-15(12)16(21)19-10-11-20(14)17(22)13-5-3-7-18(13)8-9-18/h2,4,6,13H,3,5,7-11H2,1H3,(H,19,21). The highest BCUT2D eigenvalue weighted by atomic mass is 16.2. The van der Waals surface area contributed by atoms with E-state index in [4.69, 9.17) is 0 Å². The number of fused-ring (bicyclic) bond motifs is 1. The zero-order valence-electron chi connectivity index (χ0n) is 13.0. The lowest BCUT2D eigenvalue weighted by atomic mass is 9.91. The molecule has 2 fully saturated rings. The molecule has 1 aromatic rings. The minimum absolute atomic E-state index is 0.0593. The predicted octanol–water partition coefficient (Wildman–Crippen LogP) is 2.65. The third kappa shape index (κ3) is 1.97. The zero-order chi connectivity index (χ0) is 15.3. The Hall–Kier alpha value is -1.84. The first kappa shape index (κ1) is 13.8. The number of hydrogen-bond acceptors (Lipinski definition) is 2. The van der Waals surface area contributed by atoms with E-state index in [1.807, 2.05) is 30.0 Å². The first-order valence-corrected chi connectivity index (χ1v) is 8.32. The zero-order valence-corrected chi connectivity index (χ0v) is 13.0. The van der Waals surface area contributed by atoms with Crippen LogP contribution in [0.5, 0.6) is 0 Å². The Labute approximate surface area is 130 Å². The van der Waals surface area contributed by atoms with Crippen molar-refractivity contribution < 1.29 is 9.59 Å².